The predicted octanol–water partition coefficient (Wildman–Crippen LogP) is 1.64. The summed E-state index contributed by atoms with van der Waals surface area (Å²) in [6.45, 7) is 7.71. The Morgan fingerprint density at radius 1 is 1.45 bits per heavy atom. The summed E-state index contributed by atoms with van der Waals surface area (Å²) < 4.78 is 5.75. The van der Waals surface area contributed by atoms with Crippen molar-refractivity contribution in [1.29, 1.82) is 0 Å². The number of nitrogens with zero attached hydrogens (tertiary/aromatic N) is 3. The summed E-state index contributed by atoms with van der Waals surface area (Å²) >= 11 is 0. The van der Waals surface area contributed by atoms with Gasteiger partial charge in [0.05, 0.1) is 13.2 Å². The van der Waals surface area contributed by atoms with E-state index in [4.69, 9.17) is 4.74 Å². The minimum atomic E-state index is -0.267. The summed E-state index contributed by atoms with van der Waals surface area (Å²) in [6, 6.07) is 3.59. The molecule has 1 aliphatic heterocycles. The number of carbonyl (C=O) groups excluding carboxylic acids is 1. The highest BCUT2D eigenvalue weighted by Gasteiger charge is 2.30. The maximum atomic E-state index is 12.4. The molecular formula is C15H21N5O2. The number of morpholine rings is 1. The minimum Gasteiger partial charge on any atom is -0.367 e. The normalized spacial score (nSPS) is 19.4. The zero-order chi connectivity index (χ0) is 15.7. The number of rotatable bonds is 2. The zero-order valence-corrected chi connectivity index (χ0v) is 13.1. The predicted molar refractivity (Wildman–Crippen MR) is 80.5 cm³/mol. The monoisotopic (exact) mass is 303 g/mol. The summed E-state index contributed by atoms with van der Waals surface area (Å²) in [6.07, 6.45) is 1.48. The van der Waals surface area contributed by atoms with E-state index < -0.39 is 0 Å². The van der Waals surface area contributed by atoms with Crippen molar-refractivity contribution < 1.29 is 9.53 Å². The fourth-order valence-corrected chi connectivity index (χ4v) is 2.39. The van der Waals surface area contributed by atoms with Crippen LogP contribution in [0.2, 0.25) is 0 Å². The minimum absolute atomic E-state index is 0.0196. The van der Waals surface area contributed by atoms with Gasteiger partial charge in [0.25, 0.3) is 5.91 Å². The van der Waals surface area contributed by atoms with Gasteiger partial charge in [0.15, 0.2) is 11.6 Å². The van der Waals surface area contributed by atoms with Gasteiger partial charge in [0, 0.05) is 18.2 Å². The Labute approximate surface area is 129 Å². The van der Waals surface area contributed by atoms with Crippen molar-refractivity contribution in [2.24, 2.45) is 0 Å². The number of H-pyrrole nitrogens is 2. The average molecular weight is 303 g/mol. The van der Waals surface area contributed by atoms with Crippen LogP contribution in [0.15, 0.2) is 18.3 Å². The van der Waals surface area contributed by atoms with E-state index in [1.807, 2.05) is 6.07 Å². The molecule has 1 unspecified atom stereocenters. The van der Waals surface area contributed by atoms with Crippen LogP contribution in [0.25, 0.3) is 0 Å². The second-order valence-corrected chi connectivity index (χ2v) is 6.49. The molecule has 0 saturated carbocycles. The van der Waals surface area contributed by atoms with Gasteiger partial charge in [-0.2, -0.15) is 5.10 Å². The highest BCUT2D eigenvalue weighted by Crippen LogP contribution is 2.23. The summed E-state index contributed by atoms with van der Waals surface area (Å²) in [5.74, 6) is 1.40. The highest BCUT2D eigenvalue weighted by atomic mass is 16.5. The number of aromatic nitrogens is 4. The molecule has 1 fully saturated rings. The number of ether oxygens (including phenoxy) is 1. The van der Waals surface area contributed by atoms with Crippen molar-refractivity contribution in [1.82, 2.24) is 25.1 Å². The maximum Gasteiger partial charge on any atom is 0.270 e. The molecule has 7 heteroatoms. The Kier molecular flexibility index (Phi) is 3.74. The van der Waals surface area contributed by atoms with Crippen molar-refractivity contribution in [3.05, 3.63) is 35.7 Å². The first-order valence-corrected chi connectivity index (χ1v) is 7.42. The summed E-state index contributed by atoms with van der Waals surface area (Å²) in [5.41, 5.74) is 0.469. The molecule has 22 heavy (non-hydrogen) atoms. The third kappa shape index (κ3) is 2.89. The van der Waals surface area contributed by atoms with Crippen molar-refractivity contribution >= 4 is 5.91 Å². The van der Waals surface area contributed by atoms with Crippen molar-refractivity contribution in [3.8, 4) is 0 Å². The number of hydrogen-bond donors (Lipinski definition) is 2. The molecule has 2 aromatic rings. The third-order valence-electron chi connectivity index (χ3n) is 3.66. The van der Waals surface area contributed by atoms with Crippen LogP contribution in [-0.2, 0) is 10.2 Å². The molecule has 1 atom stereocenters. The molecule has 0 bridgehead atoms. The maximum absolute atomic E-state index is 12.4. The van der Waals surface area contributed by atoms with E-state index in [0.29, 0.717) is 31.2 Å². The first-order chi connectivity index (χ1) is 10.4. The standard InChI is InChI=1S/C15H21N5O2/c1-15(2,3)14-17-12(18-19-14)11-9-20(7-8-22-11)13(21)10-5-4-6-16-10/h4-6,11,16H,7-9H2,1-3H3,(H,17,18,19). The molecule has 0 radical (unpaired) electrons. The Morgan fingerprint density at radius 2 is 2.27 bits per heavy atom. The third-order valence-corrected chi connectivity index (χ3v) is 3.66. The molecule has 3 heterocycles. The smallest absolute Gasteiger partial charge is 0.270 e. The fourth-order valence-electron chi connectivity index (χ4n) is 2.39. The van der Waals surface area contributed by atoms with Crippen LogP contribution >= 0.6 is 0 Å². The van der Waals surface area contributed by atoms with Gasteiger partial charge in [0.1, 0.15) is 11.8 Å². The molecule has 2 N–H and O–H groups in total. The Bertz CT molecular complexity index is 641. The van der Waals surface area contributed by atoms with E-state index in [1.54, 1.807) is 17.2 Å². The second kappa shape index (κ2) is 5.57. The van der Waals surface area contributed by atoms with Gasteiger partial charge in [0.2, 0.25) is 0 Å². The molecule has 2 aromatic heterocycles. The van der Waals surface area contributed by atoms with E-state index in [0.717, 1.165) is 5.82 Å². The van der Waals surface area contributed by atoms with Gasteiger partial charge in [-0.15, -0.1) is 0 Å². The molecule has 3 rings (SSSR count). The lowest BCUT2D eigenvalue weighted by Gasteiger charge is -2.31. The van der Waals surface area contributed by atoms with E-state index in [1.165, 1.54) is 0 Å². The van der Waals surface area contributed by atoms with Crippen molar-refractivity contribution in [2.75, 3.05) is 19.7 Å². The van der Waals surface area contributed by atoms with Gasteiger partial charge in [-0.3, -0.25) is 9.89 Å². The van der Waals surface area contributed by atoms with Crippen LogP contribution in [0.5, 0.6) is 0 Å². The molecule has 1 aliphatic rings. The van der Waals surface area contributed by atoms with E-state index in [2.05, 4.69) is 40.9 Å². The molecule has 1 amide bonds. The summed E-state index contributed by atoms with van der Waals surface area (Å²) in [5, 5.41) is 7.20. The lowest BCUT2D eigenvalue weighted by Crippen LogP contribution is -2.42. The second-order valence-electron chi connectivity index (χ2n) is 6.49. The van der Waals surface area contributed by atoms with Crippen LogP contribution in [0.4, 0.5) is 0 Å². The van der Waals surface area contributed by atoms with Crippen LogP contribution in [0.3, 0.4) is 0 Å². The molecule has 1 saturated heterocycles. The number of nitrogens with one attached hydrogen (secondary N) is 2. The van der Waals surface area contributed by atoms with Gasteiger partial charge >= 0.3 is 0 Å². The number of hydrogen-bond acceptors (Lipinski definition) is 4. The van der Waals surface area contributed by atoms with Gasteiger partial charge in [-0.1, -0.05) is 20.8 Å². The quantitative estimate of drug-likeness (QED) is 0.883. The molecule has 7 nitrogen and oxygen atoms in total. The molecule has 0 aromatic carbocycles. The zero-order valence-electron chi connectivity index (χ0n) is 13.1. The Hall–Kier alpha value is -2.15. The van der Waals surface area contributed by atoms with Gasteiger partial charge < -0.3 is 14.6 Å². The Balaban J connectivity index is 1.73. The van der Waals surface area contributed by atoms with Crippen molar-refractivity contribution in [2.45, 2.75) is 32.3 Å². The molecule has 0 spiro atoms. The largest absolute Gasteiger partial charge is 0.367 e. The number of carbonyl (C=O) groups is 1. The lowest BCUT2D eigenvalue weighted by atomic mass is 9.96. The van der Waals surface area contributed by atoms with Gasteiger partial charge in [-0.05, 0) is 12.1 Å². The van der Waals surface area contributed by atoms with Crippen molar-refractivity contribution in [3.63, 3.8) is 0 Å². The number of aromatic amines is 2. The molecule has 118 valence electrons. The SMILES string of the molecule is CC(C)(C)c1n[nH]c(C2CN(C(=O)c3ccc[nH]3)CCO2)n1. The van der Waals surface area contributed by atoms with Crippen LogP contribution in [-0.4, -0.2) is 50.7 Å². The summed E-state index contributed by atoms with van der Waals surface area (Å²) in [4.78, 5) is 21.6. The van der Waals surface area contributed by atoms with E-state index >= 15 is 0 Å². The lowest BCUT2D eigenvalue weighted by molar-refractivity contribution is -0.0268. The van der Waals surface area contributed by atoms with Crippen LogP contribution < -0.4 is 0 Å². The van der Waals surface area contributed by atoms with Crippen LogP contribution in [0.1, 0.15) is 49.0 Å². The topological polar surface area (TPSA) is 86.9 Å². The molecular weight excluding hydrogens is 282 g/mol. The molecule has 0 aliphatic carbocycles. The van der Waals surface area contributed by atoms with E-state index in [-0.39, 0.29) is 17.4 Å². The summed E-state index contributed by atoms with van der Waals surface area (Å²) in [7, 11) is 0. The van der Waals surface area contributed by atoms with Crippen LogP contribution in [0, 0.1) is 0 Å². The van der Waals surface area contributed by atoms with E-state index in [9.17, 15) is 4.79 Å². The first kappa shape index (κ1) is 14.8. The first-order valence-electron chi connectivity index (χ1n) is 7.42. The Morgan fingerprint density at radius 3 is 2.91 bits per heavy atom. The highest BCUT2D eigenvalue weighted by molar-refractivity contribution is 5.92. The fraction of sp³-hybridized carbons (Fsp3) is 0.533. The van der Waals surface area contributed by atoms with Gasteiger partial charge in [-0.25, -0.2) is 4.98 Å². The average Bonchev–Trinajstić information content (AvgIpc) is 3.17. The number of amides is 1.